The van der Waals surface area contributed by atoms with Gasteiger partial charge < -0.3 is 26.4 Å². The highest BCUT2D eigenvalue weighted by Crippen LogP contribution is 2.41. The van der Waals surface area contributed by atoms with Crippen molar-refractivity contribution in [2.45, 2.75) is 88.8 Å². The minimum atomic E-state index is -1.31. The van der Waals surface area contributed by atoms with Gasteiger partial charge in [0.2, 0.25) is 17.6 Å². The molecule has 1 aliphatic heterocycles. The summed E-state index contributed by atoms with van der Waals surface area (Å²) in [5.41, 5.74) is 6.04. The summed E-state index contributed by atoms with van der Waals surface area (Å²) in [6, 6.07) is 11.9. The molecule has 2 fully saturated rings. The van der Waals surface area contributed by atoms with Gasteiger partial charge in [-0.2, -0.15) is 0 Å². The van der Waals surface area contributed by atoms with E-state index >= 15 is 0 Å². The molecular formula is C34H42Cl2N4O6. The molecule has 46 heavy (non-hydrogen) atoms. The van der Waals surface area contributed by atoms with Crippen LogP contribution in [0.1, 0.15) is 82.4 Å². The molecule has 1 aliphatic carbocycles. The van der Waals surface area contributed by atoms with E-state index in [4.69, 9.17) is 33.7 Å². The number of primary amides is 1. The number of carbonyl (C=O) groups is 5. The second-order valence-corrected chi connectivity index (χ2v) is 13.7. The normalized spacial score (nSPS) is 19.0. The standard InChI is InChI=1S/C34H42Cl2N4O6/c1-34(2,23-9-6-10-25(36)19-23)29(21-11-13-24(35)14-12-21)46-33(45)40-27(17-20-7-4-3-5-8-20)32(44)39-26(28(41)30(37)42)18-22-15-16-38-31(22)43/h6,9-14,19-20,22,26-27,29H,3-5,7-8,15-18H2,1-2H3,(H2,37,42)(H,38,43)(H,39,44)(H,40,45)/t22-,26?,27?,29?/m0/s1. The number of carbonyl (C=O) groups excluding carboxylic acids is 5. The Morgan fingerprint density at radius 1 is 0.935 bits per heavy atom. The number of amides is 4. The van der Waals surface area contributed by atoms with Gasteiger partial charge in [-0.05, 0) is 60.6 Å². The van der Waals surface area contributed by atoms with Crippen molar-refractivity contribution in [3.05, 3.63) is 69.7 Å². The van der Waals surface area contributed by atoms with Crippen molar-refractivity contribution in [1.82, 2.24) is 16.0 Å². The Morgan fingerprint density at radius 2 is 1.63 bits per heavy atom. The van der Waals surface area contributed by atoms with Crippen LogP contribution in [0.15, 0.2) is 48.5 Å². The summed E-state index contributed by atoms with van der Waals surface area (Å²) in [4.78, 5) is 64.3. The maximum Gasteiger partial charge on any atom is 0.408 e. The molecule has 248 valence electrons. The molecule has 2 aliphatic rings. The van der Waals surface area contributed by atoms with Gasteiger partial charge in [0.25, 0.3) is 5.91 Å². The SMILES string of the molecule is CC(C)(c1cccc(Cl)c1)C(OC(=O)NC(CC1CCCCC1)C(=O)NC(C[C@@H]1CCNC1=O)C(=O)C(N)=O)c1ccc(Cl)cc1. The number of halogens is 2. The third-order valence-corrected chi connectivity index (χ3v) is 9.57. The molecule has 2 aromatic rings. The first kappa shape index (κ1) is 35.2. The van der Waals surface area contributed by atoms with Gasteiger partial charge in [0.05, 0.1) is 6.04 Å². The van der Waals surface area contributed by atoms with Gasteiger partial charge in [-0.15, -0.1) is 0 Å². The highest BCUT2D eigenvalue weighted by atomic mass is 35.5. The molecule has 1 heterocycles. The monoisotopic (exact) mass is 672 g/mol. The van der Waals surface area contributed by atoms with Crippen molar-refractivity contribution in [1.29, 1.82) is 0 Å². The third-order valence-electron chi connectivity index (χ3n) is 9.08. The molecule has 4 atom stereocenters. The number of hydrogen-bond donors (Lipinski definition) is 4. The topological polar surface area (TPSA) is 157 Å². The highest BCUT2D eigenvalue weighted by molar-refractivity contribution is 6.38. The van der Waals surface area contributed by atoms with Gasteiger partial charge >= 0.3 is 6.09 Å². The first-order valence-electron chi connectivity index (χ1n) is 15.8. The minimum absolute atomic E-state index is 0.0770. The molecular weight excluding hydrogens is 631 g/mol. The number of ketones is 1. The highest BCUT2D eigenvalue weighted by Gasteiger charge is 2.39. The summed E-state index contributed by atoms with van der Waals surface area (Å²) in [6.07, 6.45) is 3.95. The number of rotatable bonds is 13. The second kappa shape index (κ2) is 15.8. The fraction of sp³-hybridized carbons (Fsp3) is 0.500. The Hall–Kier alpha value is -3.63. The minimum Gasteiger partial charge on any atom is -0.440 e. The van der Waals surface area contributed by atoms with Crippen molar-refractivity contribution in [2.24, 2.45) is 17.6 Å². The molecule has 10 nitrogen and oxygen atoms in total. The number of hydrogen-bond acceptors (Lipinski definition) is 6. The Balaban J connectivity index is 1.58. The predicted octanol–water partition coefficient (Wildman–Crippen LogP) is 5.14. The zero-order valence-corrected chi connectivity index (χ0v) is 27.7. The second-order valence-electron chi connectivity index (χ2n) is 12.8. The van der Waals surface area contributed by atoms with E-state index in [2.05, 4.69) is 16.0 Å². The zero-order valence-electron chi connectivity index (χ0n) is 26.2. The van der Waals surface area contributed by atoms with Gasteiger partial charge in [0.1, 0.15) is 12.1 Å². The number of nitrogens with two attached hydrogens (primary N) is 1. The van der Waals surface area contributed by atoms with Crippen LogP contribution < -0.4 is 21.7 Å². The number of benzene rings is 2. The van der Waals surface area contributed by atoms with E-state index in [1.807, 2.05) is 32.0 Å². The summed E-state index contributed by atoms with van der Waals surface area (Å²) >= 11 is 12.5. The van der Waals surface area contributed by atoms with E-state index < -0.39 is 53.2 Å². The van der Waals surface area contributed by atoms with E-state index in [0.717, 1.165) is 37.7 Å². The summed E-state index contributed by atoms with van der Waals surface area (Å²) in [5, 5.41) is 9.13. The van der Waals surface area contributed by atoms with E-state index in [1.54, 1.807) is 30.3 Å². The van der Waals surface area contributed by atoms with Gasteiger partial charge in [-0.3, -0.25) is 19.2 Å². The Labute approximate surface area is 279 Å². The average Bonchev–Trinajstić information content (AvgIpc) is 3.43. The fourth-order valence-electron chi connectivity index (χ4n) is 6.41. The third kappa shape index (κ3) is 9.22. The van der Waals surface area contributed by atoms with Gasteiger partial charge in [0.15, 0.2) is 0 Å². The fourth-order valence-corrected chi connectivity index (χ4v) is 6.73. The lowest BCUT2D eigenvalue weighted by Crippen LogP contribution is -2.54. The molecule has 0 radical (unpaired) electrons. The van der Waals surface area contributed by atoms with Crippen molar-refractivity contribution in [3.63, 3.8) is 0 Å². The van der Waals surface area contributed by atoms with Crippen LogP contribution in [0.5, 0.6) is 0 Å². The Morgan fingerprint density at radius 3 is 2.24 bits per heavy atom. The van der Waals surface area contributed by atoms with E-state index in [0.29, 0.717) is 35.0 Å². The number of alkyl carbamates (subject to hydrolysis) is 1. The lowest BCUT2D eigenvalue weighted by atomic mass is 9.76. The largest absolute Gasteiger partial charge is 0.440 e. The number of nitrogens with one attached hydrogen (secondary N) is 3. The molecule has 1 saturated heterocycles. The van der Waals surface area contributed by atoms with Crippen LogP contribution in [0.25, 0.3) is 0 Å². The molecule has 4 rings (SSSR count). The van der Waals surface area contributed by atoms with Gasteiger partial charge in [-0.25, -0.2) is 4.79 Å². The molecule has 0 spiro atoms. The molecule has 1 saturated carbocycles. The lowest BCUT2D eigenvalue weighted by Gasteiger charge is -2.35. The maximum atomic E-state index is 13.8. The molecule has 4 amide bonds. The lowest BCUT2D eigenvalue weighted by molar-refractivity contribution is -0.139. The average molecular weight is 674 g/mol. The quantitative estimate of drug-likeness (QED) is 0.216. The first-order valence-corrected chi connectivity index (χ1v) is 16.5. The predicted molar refractivity (Wildman–Crippen MR) is 175 cm³/mol. The van der Waals surface area contributed by atoms with Crippen LogP contribution >= 0.6 is 23.2 Å². The van der Waals surface area contributed by atoms with Crippen molar-refractivity contribution >= 4 is 52.8 Å². The smallest absolute Gasteiger partial charge is 0.408 e. The van der Waals surface area contributed by atoms with Crippen molar-refractivity contribution in [3.8, 4) is 0 Å². The summed E-state index contributed by atoms with van der Waals surface area (Å²) in [7, 11) is 0. The van der Waals surface area contributed by atoms with Crippen LogP contribution in [0.3, 0.4) is 0 Å². The molecule has 0 aromatic heterocycles. The number of ether oxygens (including phenoxy) is 1. The van der Waals surface area contributed by atoms with Gasteiger partial charge in [0, 0.05) is 27.9 Å². The van der Waals surface area contributed by atoms with Gasteiger partial charge in [-0.1, -0.05) is 93.4 Å². The first-order chi connectivity index (χ1) is 21.8. The van der Waals surface area contributed by atoms with E-state index in [9.17, 15) is 24.0 Å². The summed E-state index contributed by atoms with van der Waals surface area (Å²) in [5.74, 6) is -3.53. The summed E-state index contributed by atoms with van der Waals surface area (Å²) < 4.78 is 6.11. The molecule has 3 unspecified atom stereocenters. The van der Waals surface area contributed by atoms with E-state index in [1.165, 1.54) is 0 Å². The van der Waals surface area contributed by atoms with Crippen LogP contribution in [-0.4, -0.2) is 48.2 Å². The molecule has 5 N–H and O–H groups in total. The van der Waals surface area contributed by atoms with Crippen LogP contribution in [0.4, 0.5) is 4.79 Å². The van der Waals surface area contributed by atoms with Crippen LogP contribution in [0, 0.1) is 11.8 Å². The van der Waals surface area contributed by atoms with E-state index in [-0.39, 0.29) is 18.2 Å². The summed E-state index contributed by atoms with van der Waals surface area (Å²) in [6.45, 7) is 4.29. The zero-order chi connectivity index (χ0) is 33.4. The van der Waals surface area contributed by atoms with Crippen LogP contribution in [0.2, 0.25) is 10.0 Å². The number of Topliss-reactive ketones (excluding diaryl/α,β-unsaturated/α-hetero) is 1. The van der Waals surface area contributed by atoms with Crippen LogP contribution in [-0.2, 0) is 29.3 Å². The molecule has 0 bridgehead atoms. The van der Waals surface area contributed by atoms with Crippen molar-refractivity contribution in [2.75, 3.05) is 6.54 Å². The Kier molecular flexibility index (Phi) is 12.1. The Bertz CT molecular complexity index is 1430. The van der Waals surface area contributed by atoms with Crippen molar-refractivity contribution < 1.29 is 28.7 Å². The maximum absolute atomic E-state index is 13.8. The molecule has 2 aromatic carbocycles. The molecule has 12 heteroatoms.